The Morgan fingerprint density at radius 1 is 1.00 bits per heavy atom. The minimum atomic E-state index is 0.308. The van der Waals surface area contributed by atoms with Crippen LogP contribution in [0.5, 0.6) is 0 Å². The number of rotatable bonds is 9. The molecular formula is C15H29N. The summed E-state index contributed by atoms with van der Waals surface area (Å²) in [7, 11) is 0. The maximum atomic E-state index is 4.60. The Balaban J connectivity index is 1.86. The van der Waals surface area contributed by atoms with Crippen LogP contribution in [0.4, 0.5) is 0 Å². The molecule has 0 aromatic rings. The lowest BCUT2D eigenvalue weighted by atomic mass is 9.92. The molecule has 0 aliphatic carbocycles. The summed E-state index contributed by atoms with van der Waals surface area (Å²) in [5, 5.41) is 0. The third-order valence-corrected chi connectivity index (χ3v) is 3.78. The van der Waals surface area contributed by atoms with Gasteiger partial charge in [0.25, 0.3) is 0 Å². The molecule has 0 N–H and O–H groups in total. The fourth-order valence-corrected chi connectivity index (χ4v) is 2.55. The topological polar surface area (TPSA) is 12.4 Å². The van der Waals surface area contributed by atoms with Crippen LogP contribution in [0, 0.1) is 0 Å². The zero-order chi connectivity index (χ0) is 11.7. The lowest BCUT2D eigenvalue weighted by molar-refractivity contribution is 0.408. The molecule has 1 heteroatoms. The molecule has 1 atom stereocenters. The van der Waals surface area contributed by atoms with E-state index in [9.17, 15) is 0 Å². The highest BCUT2D eigenvalue weighted by atomic mass is 14.9. The smallest absolute Gasteiger partial charge is 0.0579 e. The number of aliphatic imine (C=N–C) groups is 1. The zero-order valence-corrected chi connectivity index (χ0v) is 11.3. The van der Waals surface area contributed by atoms with E-state index in [4.69, 9.17) is 0 Å². The van der Waals surface area contributed by atoms with E-state index in [1.165, 1.54) is 70.6 Å². The van der Waals surface area contributed by atoms with E-state index in [-0.39, 0.29) is 0 Å². The van der Waals surface area contributed by atoms with Crippen molar-refractivity contribution in [2.45, 2.75) is 90.0 Å². The third-order valence-electron chi connectivity index (χ3n) is 3.78. The van der Waals surface area contributed by atoms with Gasteiger partial charge in [0.15, 0.2) is 0 Å². The van der Waals surface area contributed by atoms with Gasteiger partial charge in [0, 0.05) is 0 Å². The monoisotopic (exact) mass is 223 g/mol. The Morgan fingerprint density at radius 3 is 2.19 bits per heavy atom. The molecule has 0 fully saturated rings. The van der Waals surface area contributed by atoms with Crippen LogP contribution in [0.25, 0.3) is 0 Å². The maximum Gasteiger partial charge on any atom is 0.0579 e. The highest BCUT2D eigenvalue weighted by molar-refractivity contribution is 5.60. The molecule has 0 saturated heterocycles. The van der Waals surface area contributed by atoms with Crippen LogP contribution in [0.1, 0.15) is 84.5 Å². The Kier molecular flexibility index (Phi) is 6.75. The summed E-state index contributed by atoms with van der Waals surface area (Å²) in [5.74, 6) is 0. The van der Waals surface area contributed by atoms with Crippen molar-refractivity contribution >= 4 is 6.21 Å². The van der Waals surface area contributed by atoms with E-state index in [1.807, 2.05) is 0 Å². The van der Waals surface area contributed by atoms with Crippen molar-refractivity contribution < 1.29 is 0 Å². The summed E-state index contributed by atoms with van der Waals surface area (Å²) in [6, 6.07) is 0. The van der Waals surface area contributed by atoms with E-state index in [0.717, 1.165) is 0 Å². The van der Waals surface area contributed by atoms with Crippen molar-refractivity contribution in [3.8, 4) is 0 Å². The molecule has 0 saturated carbocycles. The molecule has 1 unspecified atom stereocenters. The molecule has 1 nitrogen and oxygen atoms in total. The summed E-state index contributed by atoms with van der Waals surface area (Å²) in [6.07, 6.45) is 17.2. The minimum absolute atomic E-state index is 0.308. The second kappa shape index (κ2) is 7.86. The predicted octanol–water partition coefficient (Wildman–Crippen LogP) is 5.14. The minimum Gasteiger partial charge on any atom is -0.291 e. The van der Waals surface area contributed by atoms with Crippen molar-refractivity contribution in [3.05, 3.63) is 0 Å². The van der Waals surface area contributed by atoms with Gasteiger partial charge in [0.05, 0.1) is 5.54 Å². The van der Waals surface area contributed by atoms with Crippen molar-refractivity contribution in [1.82, 2.24) is 0 Å². The van der Waals surface area contributed by atoms with Gasteiger partial charge in [-0.3, -0.25) is 4.99 Å². The molecule has 1 aliphatic rings. The second-order valence-corrected chi connectivity index (χ2v) is 5.57. The molecule has 16 heavy (non-hydrogen) atoms. The molecule has 1 rings (SSSR count). The maximum absolute atomic E-state index is 4.60. The fourth-order valence-electron chi connectivity index (χ4n) is 2.55. The van der Waals surface area contributed by atoms with Gasteiger partial charge in [-0.25, -0.2) is 0 Å². The van der Waals surface area contributed by atoms with Gasteiger partial charge >= 0.3 is 0 Å². The quantitative estimate of drug-likeness (QED) is 0.480. The molecule has 0 spiro atoms. The normalized spacial score (nSPS) is 24.1. The van der Waals surface area contributed by atoms with Crippen LogP contribution in [-0.2, 0) is 0 Å². The fraction of sp³-hybridized carbons (Fsp3) is 0.933. The first-order valence-corrected chi connectivity index (χ1v) is 7.30. The molecular weight excluding hydrogens is 194 g/mol. The average Bonchev–Trinajstić information content (AvgIpc) is 2.70. The SMILES string of the molecule is CCCCCCCCCCC1(C)CCC=N1. The Bertz CT molecular complexity index is 198. The van der Waals surface area contributed by atoms with Crippen molar-refractivity contribution in [1.29, 1.82) is 0 Å². The van der Waals surface area contributed by atoms with E-state index in [1.54, 1.807) is 0 Å². The van der Waals surface area contributed by atoms with Gasteiger partial charge in [-0.1, -0.05) is 58.3 Å². The number of nitrogens with zero attached hydrogens (tertiary/aromatic N) is 1. The Labute approximate surface area is 102 Å². The summed E-state index contributed by atoms with van der Waals surface area (Å²) in [6.45, 7) is 4.60. The van der Waals surface area contributed by atoms with Gasteiger partial charge < -0.3 is 0 Å². The van der Waals surface area contributed by atoms with Crippen LogP contribution in [0.15, 0.2) is 4.99 Å². The molecule has 0 aromatic carbocycles. The first kappa shape index (κ1) is 13.7. The van der Waals surface area contributed by atoms with Gasteiger partial charge in [-0.2, -0.15) is 0 Å². The molecule has 1 aliphatic heterocycles. The van der Waals surface area contributed by atoms with Crippen molar-refractivity contribution in [2.24, 2.45) is 4.99 Å². The predicted molar refractivity (Wildman–Crippen MR) is 73.4 cm³/mol. The second-order valence-electron chi connectivity index (χ2n) is 5.57. The Morgan fingerprint density at radius 2 is 1.62 bits per heavy atom. The van der Waals surface area contributed by atoms with Crippen molar-refractivity contribution in [3.63, 3.8) is 0 Å². The van der Waals surface area contributed by atoms with Gasteiger partial charge in [0.1, 0.15) is 0 Å². The number of hydrogen-bond acceptors (Lipinski definition) is 1. The van der Waals surface area contributed by atoms with Crippen LogP contribution in [-0.4, -0.2) is 11.8 Å². The number of unbranched alkanes of at least 4 members (excludes halogenated alkanes) is 7. The third kappa shape index (κ3) is 5.67. The number of hydrogen-bond donors (Lipinski definition) is 0. The molecule has 0 aromatic heterocycles. The molecule has 0 amide bonds. The lowest BCUT2D eigenvalue weighted by Gasteiger charge is -2.19. The van der Waals surface area contributed by atoms with Gasteiger partial charge in [-0.05, 0) is 32.4 Å². The van der Waals surface area contributed by atoms with Crippen LogP contribution in [0.3, 0.4) is 0 Å². The standard InChI is InChI=1S/C15H29N/c1-3-4-5-6-7-8-9-10-12-15(2)13-11-14-16-15/h14H,3-13H2,1-2H3. The average molecular weight is 223 g/mol. The van der Waals surface area contributed by atoms with Crippen molar-refractivity contribution in [2.75, 3.05) is 0 Å². The molecule has 1 heterocycles. The van der Waals surface area contributed by atoms with Gasteiger partial charge in [0.2, 0.25) is 0 Å². The largest absolute Gasteiger partial charge is 0.291 e. The Hall–Kier alpha value is -0.330. The summed E-state index contributed by atoms with van der Waals surface area (Å²) < 4.78 is 0. The summed E-state index contributed by atoms with van der Waals surface area (Å²) in [4.78, 5) is 4.60. The van der Waals surface area contributed by atoms with E-state index >= 15 is 0 Å². The zero-order valence-electron chi connectivity index (χ0n) is 11.3. The van der Waals surface area contributed by atoms with E-state index in [2.05, 4.69) is 25.1 Å². The molecule has 94 valence electrons. The highest BCUT2D eigenvalue weighted by Gasteiger charge is 2.24. The van der Waals surface area contributed by atoms with Crippen LogP contribution < -0.4 is 0 Å². The van der Waals surface area contributed by atoms with Crippen LogP contribution >= 0.6 is 0 Å². The molecule has 0 radical (unpaired) electrons. The van der Waals surface area contributed by atoms with Gasteiger partial charge in [-0.15, -0.1) is 0 Å². The molecule has 0 bridgehead atoms. The van der Waals surface area contributed by atoms with E-state index < -0.39 is 0 Å². The summed E-state index contributed by atoms with van der Waals surface area (Å²) >= 11 is 0. The lowest BCUT2D eigenvalue weighted by Crippen LogP contribution is -2.17. The summed E-state index contributed by atoms with van der Waals surface area (Å²) in [5.41, 5.74) is 0.308. The van der Waals surface area contributed by atoms with Crippen LogP contribution in [0.2, 0.25) is 0 Å². The first-order valence-electron chi connectivity index (χ1n) is 7.30. The highest BCUT2D eigenvalue weighted by Crippen LogP contribution is 2.28. The van der Waals surface area contributed by atoms with E-state index in [0.29, 0.717) is 5.54 Å². The first-order chi connectivity index (χ1) is 7.77.